The van der Waals surface area contributed by atoms with Crippen molar-refractivity contribution < 1.29 is 18.8 Å². The molecule has 2 aromatic rings. The molecule has 0 heterocycles. The zero-order chi connectivity index (χ0) is 21.4. The van der Waals surface area contributed by atoms with Gasteiger partial charge in [-0.25, -0.2) is 14.3 Å². The van der Waals surface area contributed by atoms with Crippen LogP contribution in [0.2, 0.25) is 0 Å². The predicted molar refractivity (Wildman–Crippen MR) is 111 cm³/mol. The highest BCUT2D eigenvalue weighted by Crippen LogP contribution is 2.21. The monoisotopic (exact) mass is 403 g/mol. The Labute approximate surface area is 172 Å². The van der Waals surface area contributed by atoms with Crippen LogP contribution in [0.4, 0.5) is 8.78 Å². The van der Waals surface area contributed by atoms with Crippen LogP contribution < -0.4 is 5.48 Å². The zero-order valence-electron chi connectivity index (χ0n) is 17.5. The van der Waals surface area contributed by atoms with E-state index in [0.717, 1.165) is 43.2 Å². The van der Waals surface area contributed by atoms with Crippen molar-refractivity contribution in [3.8, 4) is 0 Å². The van der Waals surface area contributed by atoms with Crippen molar-refractivity contribution in [2.75, 3.05) is 0 Å². The first-order valence-corrected chi connectivity index (χ1v) is 10.3. The van der Waals surface area contributed by atoms with Gasteiger partial charge in [0, 0.05) is 5.92 Å². The Morgan fingerprint density at radius 3 is 2.17 bits per heavy atom. The van der Waals surface area contributed by atoms with E-state index in [1.165, 1.54) is 6.07 Å². The van der Waals surface area contributed by atoms with E-state index in [9.17, 15) is 13.6 Å². The topological polar surface area (TPSA) is 49.3 Å². The van der Waals surface area contributed by atoms with Crippen molar-refractivity contribution in [1.82, 2.24) is 5.48 Å². The quantitative estimate of drug-likeness (QED) is 0.302. The lowest BCUT2D eigenvalue weighted by molar-refractivity contribution is -0.133. The molecule has 0 saturated heterocycles. The Kier molecular flexibility index (Phi) is 8.77. The van der Waals surface area contributed by atoms with E-state index in [2.05, 4.69) is 0 Å². The van der Waals surface area contributed by atoms with Crippen LogP contribution in [0.15, 0.2) is 30.3 Å². The first kappa shape index (κ1) is 23.0. The number of benzene rings is 2. The van der Waals surface area contributed by atoms with Crippen LogP contribution in [-0.2, 0) is 17.6 Å². The molecule has 0 aliphatic carbocycles. The Morgan fingerprint density at radius 1 is 0.931 bits per heavy atom. The molecule has 29 heavy (non-hydrogen) atoms. The van der Waals surface area contributed by atoms with Crippen molar-refractivity contribution in [3.63, 3.8) is 0 Å². The fourth-order valence-electron chi connectivity index (χ4n) is 3.79. The molecule has 0 saturated carbocycles. The van der Waals surface area contributed by atoms with Gasteiger partial charge >= 0.3 is 0 Å². The Balaban J connectivity index is 1.80. The molecular formula is C24H31F2NO2. The number of halogens is 2. The Bertz CT molecular complexity index is 813. The highest BCUT2D eigenvalue weighted by atomic mass is 19.1. The molecular weight excluding hydrogens is 372 g/mol. The Hall–Kier alpha value is -2.27. The number of aryl methyl sites for hydroxylation is 4. The molecule has 0 radical (unpaired) electrons. The lowest BCUT2D eigenvalue weighted by Gasteiger charge is -2.16. The number of hydrogen-bond acceptors (Lipinski definition) is 2. The smallest absolute Gasteiger partial charge is 0.246 e. The van der Waals surface area contributed by atoms with Crippen LogP contribution in [-0.4, -0.2) is 11.1 Å². The fraction of sp³-hybridized carbons (Fsp3) is 0.458. The van der Waals surface area contributed by atoms with E-state index < -0.39 is 5.91 Å². The highest BCUT2D eigenvalue weighted by molar-refractivity contribution is 5.77. The van der Waals surface area contributed by atoms with Crippen molar-refractivity contribution in [2.24, 2.45) is 5.92 Å². The lowest BCUT2D eigenvalue weighted by atomic mass is 9.91. The number of carbonyl (C=O) groups excluding carboxylic acids is 1. The molecule has 0 aliphatic heterocycles. The van der Waals surface area contributed by atoms with Crippen molar-refractivity contribution in [3.05, 3.63) is 69.8 Å². The molecule has 0 spiro atoms. The third-order valence-electron chi connectivity index (χ3n) is 5.45. The first-order valence-electron chi connectivity index (χ1n) is 10.3. The molecule has 0 bridgehead atoms. The van der Waals surface area contributed by atoms with E-state index in [4.69, 9.17) is 5.21 Å². The Morgan fingerprint density at radius 2 is 1.55 bits per heavy atom. The van der Waals surface area contributed by atoms with Crippen LogP contribution in [0.25, 0.3) is 0 Å². The summed E-state index contributed by atoms with van der Waals surface area (Å²) in [5.74, 6) is -1.13. The van der Waals surface area contributed by atoms with Gasteiger partial charge in [0.1, 0.15) is 11.6 Å². The van der Waals surface area contributed by atoms with Gasteiger partial charge in [-0.1, -0.05) is 43.5 Å². The summed E-state index contributed by atoms with van der Waals surface area (Å²) < 4.78 is 27.1. The number of amides is 1. The molecule has 2 aromatic carbocycles. The van der Waals surface area contributed by atoms with Crippen molar-refractivity contribution in [1.29, 1.82) is 0 Å². The van der Waals surface area contributed by atoms with Gasteiger partial charge in [0.25, 0.3) is 0 Å². The second-order valence-corrected chi connectivity index (χ2v) is 7.96. The van der Waals surface area contributed by atoms with Crippen LogP contribution in [0.3, 0.4) is 0 Å². The van der Waals surface area contributed by atoms with E-state index in [-0.39, 0.29) is 17.6 Å². The van der Waals surface area contributed by atoms with E-state index >= 15 is 0 Å². The third-order valence-corrected chi connectivity index (χ3v) is 5.45. The number of unbranched alkanes of at least 4 members (excludes halogenated alkanes) is 3. The van der Waals surface area contributed by atoms with Crippen LogP contribution in [0.1, 0.15) is 59.9 Å². The number of nitrogens with one attached hydrogen (secondary N) is 1. The maximum Gasteiger partial charge on any atom is 0.246 e. The molecule has 2 N–H and O–H groups in total. The maximum atomic E-state index is 13.8. The fourth-order valence-corrected chi connectivity index (χ4v) is 3.79. The van der Waals surface area contributed by atoms with Gasteiger partial charge in [-0.05, 0) is 80.3 Å². The van der Waals surface area contributed by atoms with Crippen molar-refractivity contribution in [2.45, 2.75) is 65.7 Å². The number of hydrogen-bond donors (Lipinski definition) is 2. The molecule has 1 atom stereocenters. The van der Waals surface area contributed by atoms with Crippen LogP contribution in [0, 0.1) is 38.3 Å². The average Bonchev–Trinajstić information content (AvgIpc) is 2.69. The van der Waals surface area contributed by atoms with Gasteiger partial charge in [-0.3, -0.25) is 10.0 Å². The summed E-state index contributed by atoms with van der Waals surface area (Å²) in [7, 11) is 0. The largest absolute Gasteiger partial charge is 0.289 e. The molecule has 0 aliphatic rings. The minimum absolute atomic E-state index is 0.173. The van der Waals surface area contributed by atoms with Crippen LogP contribution in [0.5, 0.6) is 0 Å². The normalized spacial score (nSPS) is 12.1. The SMILES string of the molecule is Cc1cc(CCCCCCC(Cc2cc(C)c(F)c(C)c2)C(=O)NO)ccc1F. The summed E-state index contributed by atoms with van der Waals surface area (Å²) in [4.78, 5) is 12.1. The summed E-state index contributed by atoms with van der Waals surface area (Å²) in [6.45, 7) is 5.21. The summed E-state index contributed by atoms with van der Waals surface area (Å²) in [5.41, 5.74) is 5.62. The maximum absolute atomic E-state index is 13.8. The van der Waals surface area contributed by atoms with E-state index in [1.807, 2.05) is 12.1 Å². The molecule has 1 unspecified atom stereocenters. The standard InChI is InChI=1S/C24H31F2NO2/c1-16-12-19(10-11-22(16)25)8-6-4-5-7-9-21(24(28)27-29)15-20-13-17(2)23(26)18(3)14-20/h10-14,21,29H,4-9,15H2,1-3H3,(H,27,28). The first-order chi connectivity index (χ1) is 13.8. The van der Waals surface area contributed by atoms with Gasteiger partial charge < -0.3 is 0 Å². The second-order valence-electron chi connectivity index (χ2n) is 7.96. The van der Waals surface area contributed by atoms with Crippen LogP contribution >= 0.6 is 0 Å². The molecule has 1 amide bonds. The molecule has 2 rings (SSSR count). The van der Waals surface area contributed by atoms with Gasteiger partial charge in [-0.2, -0.15) is 0 Å². The van der Waals surface area contributed by atoms with Gasteiger partial charge in [0.15, 0.2) is 0 Å². The zero-order valence-corrected chi connectivity index (χ0v) is 17.5. The number of carbonyl (C=O) groups is 1. The second kappa shape index (κ2) is 11.1. The molecule has 158 valence electrons. The summed E-state index contributed by atoms with van der Waals surface area (Å²) in [6, 6.07) is 8.78. The third kappa shape index (κ3) is 6.93. The minimum Gasteiger partial charge on any atom is -0.289 e. The molecule has 0 fully saturated rings. The highest BCUT2D eigenvalue weighted by Gasteiger charge is 2.19. The van der Waals surface area contributed by atoms with Crippen molar-refractivity contribution >= 4 is 5.91 Å². The molecule has 3 nitrogen and oxygen atoms in total. The number of rotatable bonds is 10. The van der Waals surface area contributed by atoms with E-state index in [1.54, 1.807) is 38.4 Å². The summed E-state index contributed by atoms with van der Waals surface area (Å²) >= 11 is 0. The minimum atomic E-state index is -0.397. The van der Waals surface area contributed by atoms with Gasteiger partial charge in [0.05, 0.1) is 0 Å². The number of hydroxylamine groups is 1. The predicted octanol–water partition coefficient (Wildman–Crippen LogP) is 5.75. The molecule has 0 aromatic heterocycles. The lowest BCUT2D eigenvalue weighted by Crippen LogP contribution is -2.29. The summed E-state index contributed by atoms with van der Waals surface area (Å²) in [6.07, 6.45) is 5.95. The average molecular weight is 404 g/mol. The van der Waals surface area contributed by atoms with Gasteiger partial charge in [-0.15, -0.1) is 0 Å². The summed E-state index contributed by atoms with van der Waals surface area (Å²) in [5, 5.41) is 9.06. The van der Waals surface area contributed by atoms with Gasteiger partial charge in [0.2, 0.25) is 5.91 Å². The van der Waals surface area contributed by atoms with E-state index in [0.29, 0.717) is 29.5 Å². The molecule has 5 heteroatoms.